The molecule has 0 unspecified atom stereocenters. The maximum Gasteiger partial charge on any atom is -0.147 e. The van der Waals surface area contributed by atoms with Crippen LogP contribution in [0.15, 0.2) is 0 Å². The summed E-state index contributed by atoms with van der Waals surface area (Å²) >= 11 is -0.121. The van der Waals surface area contributed by atoms with Crippen LogP contribution < -0.4 is 3.26 Å². The van der Waals surface area contributed by atoms with E-state index in [1.807, 2.05) is 0 Å². The minimum Gasteiger partial charge on any atom is -0.147 e. The molecule has 1 N–H and O–H groups in total. The molecule has 0 aliphatic carbocycles. The summed E-state index contributed by atoms with van der Waals surface area (Å²) < 4.78 is 3.65. The summed E-state index contributed by atoms with van der Waals surface area (Å²) in [6.07, 6.45) is 0. The fourth-order valence-corrected chi connectivity index (χ4v) is 6.40. The molecule has 0 aliphatic rings. The van der Waals surface area contributed by atoms with Crippen LogP contribution in [0.5, 0.6) is 0 Å². The molecule has 11 heavy (non-hydrogen) atoms. The van der Waals surface area contributed by atoms with E-state index in [2.05, 4.69) is 37.1 Å². The van der Waals surface area contributed by atoms with Crippen molar-refractivity contribution in [1.82, 2.24) is 3.26 Å². The van der Waals surface area contributed by atoms with E-state index in [-0.39, 0.29) is 53.4 Å². The van der Waals surface area contributed by atoms with Gasteiger partial charge in [0, 0.05) is 0 Å². The van der Waals surface area contributed by atoms with Gasteiger partial charge in [-0.2, -0.15) is 0 Å². The Balaban J connectivity index is -0.000000320. The van der Waals surface area contributed by atoms with Crippen LogP contribution in [0.25, 0.3) is 0 Å². The normalized spacial score (nSPS) is 10.0. The molecule has 0 aromatic heterocycles. The second-order valence-corrected chi connectivity index (χ2v) is 17.5. The topological polar surface area (TPSA) is 12.0 Å². The summed E-state index contributed by atoms with van der Waals surface area (Å²) in [7, 11) is 0. The fraction of sp³-hybridized carbons (Fsp3) is 1.00. The number of nitrogens with one attached hydrogen (secondary N) is 1. The van der Waals surface area contributed by atoms with Crippen molar-refractivity contribution in [3.63, 3.8) is 0 Å². The third kappa shape index (κ3) is 18.5. The fourth-order valence-electron chi connectivity index (χ4n) is 0.361. The SMILES string of the molecule is C[SiH](C)[Zr][NH]C(C)(C)C.Cl.Cl. The minimum absolute atomic E-state index is 0. The van der Waals surface area contributed by atoms with E-state index in [0.29, 0.717) is 5.54 Å². The standard InChI is InChI=1S/C4H10N.C2H7Si.2ClH.Zr/c1-4(2,3)5;1-3-2;;;/h5H,1-3H3;3H,1-2H3;2*1H;/q-1;;;;+1. The monoisotopic (exact) mass is 293 g/mol. The molecule has 5 heteroatoms. The van der Waals surface area contributed by atoms with E-state index in [1.54, 1.807) is 0 Å². The van der Waals surface area contributed by atoms with E-state index < -0.39 is 0 Å². The maximum atomic E-state index is 3.65. The zero-order chi connectivity index (χ0) is 7.49. The van der Waals surface area contributed by atoms with Crippen molar-refractivity contribution in [3.05, 3.63) is 0 Å². The molecule has 0 rings (SSSR count). The first-order chi connectivity index (χ1) is 3.92. The summed E-state index contributed by atoms with van der Waals surface area (Å²) in [6, 6.07) is 0. The van der Waals surface area contributed by atoms with Crippen LogP contribution >= 0.6 is 24.8 Å². The van der Waals surface area contributed by atoms with Gasteiger partial charge in [0.15, 0.2) is 0 Å². The maximum absolute atomic E-state index is 3.65. The Hall–Kier alpha value is 1.64. The van der Waals surface area contributed by atoms with Gasteiger partial charge in [-0.25, -0.2) is 0 Å². The van der Waals surface area contributed by atoms with Gasteiger partial charge in [-0.1, -0.05) is 0 Å². The molecule has 70 valence electrons. The van der Waals surface area contributed by atoms with Gasteiger partial charge >= 0.3 is 71.3 Å². The third-order valence-corrected chi connectivity index (χ3v) is 8.62. The molecule has 0 bridgehead atoms. The largest absolute Gasteiger partial charge is 0.147 e. The molecule has 0 spiro atoms. The molecule has 0 atom stereocenters. The molecule has 0 aromatic carbocycles. The second-order valence-electron chi connectivity index (χ2n) is 3.67. The van der Waals surface area contributed by atoms with Crippen LogP contribution in [0.1, 0.15) is 20.8 Å². The predicted molar refractivity (Wildman–Crippen MR) is 56.3 cm³/mol. The Morgan fingerprint density at radius 1 is 1.09 bits per heavy atom. The van der Waals surface area contributed by atoms with Crippen molar-refractivity contribution < 1.29 is 22.7 Å². The van der Waals surface area contributed by atoms with Crippen molar-refractivity contribution in [2.45, 2.75) is 39.4 Å². The Morgan fingerprint density at radius 2 is 1.45 bits per heavy atom. The first kappa shape index (κ1) is 18.4. The van der Waals surface area contributed by atoms with Gasteiger partial charge in [-0.15, -0.1) is 24.8 Å². The Morgan fingerprint density at radius 3 is 1.55 bits per heavy atom. The van der Waals surface area contributed by atoms with Gasteiger partial charge in [0.25, 0.3) is 0 Å². The quantitative estimate of drug-likeness (QED) is 0.770. The molecular weight excluding hydrogens is 276 g/mol. The minimum atomic E-state index is -0.211. The molecule has 0 radical (unpaired) electrons. The molecule has 1 nitrogen and oxygen atoms in total. The van der Waals surface area contributed by atoms with Crippen LogP contribution in [0, 0.1) is 0 Å². The van der Waals surface area contributed by atoms with Crippen LogP contribution in [-0.2, 0) is 22.7 Å². The van der Waals surface area contributed by atoms with Crippen molar-refractivity contribution in [2.24, 2.45) is 0 Å². The summed E-state index contributed by atoms with van der Waals surface area (Å²) in [5.74, 6) is -0.211. The zero-order valence-electron chi connectivity index (χ0n) is 7.89. The summed E-state index contributed by atoms with van der Waals surface area (Å²) in [6.45, 7) is 11.6. The summed E-state index contributed by atoms with van der Waals surface area (Å²) in [4.78, 5) is 0. The van der Waals surface area contributed by atoms with E-state index in [4.69, 9.17) is 0 Å². The van der Waals surface area contributed by atoms with E-state index in [9.17, 15) is 0 Å². The summed E-state index contributed by atoms with van der Waals surface area (Å²) in [5.41, 5.74) is 0.392. The molecule has 0 saturated carbocycles. The third-order valence-electron chi connectivity index (χ3n) is 0.736. The molecule has 0 amide bonds. The number of hydrogen-bond donors (Lipinski definition) is 1. The van der Waals surface area contributed by atoms with Gasteiger partial charge in [-0.3, -0.25) is 0 Å². The molecule has 0 aliphatic heterocycles. The van der Waals surface area contributed by atoms with Gasteiger partial charge < -0.3 is 0 Å². The Labute approximate surface area is 95.5 Å². The van der Waals surface area contributed by atoms with Gasteiger partial charge in [0.2, 0.25) is 0 Å². The number of halogens is 2. The predicted octanol–water partition coefficient (Wildman–Crippen LogP) is 2.20. The van der Waals surface area contributed by atoms with E-state index >= 15 is 0 Å². The smallest absolute Gasteiger partial charge is 0.147 e. The van der Waals surface area contributed by atoms with Crippen LogP contribution in [0.2, 0.25) is 13.1 Å². The van der Waals surface area contributed by atoms with E-state index in [1.165, 1.54) is 0 Å². The van der Waals surface area contributed by atoms with Crippen molar-refractivity contribution in [2.75, 3.05) is 0 Å². The molecule has 0 aromatic rings. The number of rotatable bonds is 2. The Bertz CT molecular complexity index is 85.1. The van der Waals surface area contributed by atoms with Gasteiger partial charge in [0.05, 0.1) is 0 Å². The van der Waals surface area contributed by atoms with Gasteiger partial charge in [-0.05, 0) is 0 Å². The average molecular weight is 295 g/mol. The van der Waals surface area contributed by atoms with Crippen molar-refractivity contribution in [3.8, 4) is 0 Å². The van der Waals surface area contributed by atoms with Crippen molar-refractivity contribution in [1.29, 1.82) is 0 Å². The van der Waals surface area contributed by atoms with Crippen molar-refractivity contribution >= 4 is 30.7 Å². The van der Waals surface area contributed by atoms with E-state index in [0.717, 1.165) is 0 Å². The molecular formula is C6H19Cl2NSiZr. The summed E-state index contributed by atoms with van der Waals surface area (Å²) in [5, 5.41) is 0. The van der Waals surface area contributed by atoms with Crippen LogP contribution in [-0.4, -0.2) is 11.5 Å². The first-order valence-corrected chi connectivity index (χ1v) is 11.8. The second kappa shape index (κ2) is 8.25. The molecule has 0 fully saturated rings. The molecule has 0 saturated heterocycles. The van der Waals surface area contributed by atoms with Crippen LogP contribution in [0.4, 0.5) is 0 Å². The first-order valence-electron chi connectivity index (χ1n) is 3.44. The number of hydrogen-bond acceptors (Lipinski definition) is 1. The zero-order valence-corrected chi connectivity index (χ0v) is 13.1. The van der Waals surface area contributed by atoms with Gasteiger partial charge in [0.1, 0.15) is 0 Å². The average Bonchev–Trinajstić information content (AvgIpc) is 1.59. The Kier molecular flexibility index (Phi) is 13.8. The molecule has 0 heterocycles. The van der Waals surface area contributed by atoms with Crippen LogP contribution in [0.3, 0.4) is 0 Å².